The van der Waals surface area contributed by atoms with Crippen LogP contribution in [0.2, 0.25) is 14.4 Å². The van der Waals surface area contributed by atoms with E-state index in [0.717, 1.165) is 16.1 Å². The quantitative estimate of drug-likeness (QED) is 0.671. The average Bonchev–Trinajstić information content (AvgIpc) is 3.02. The standard InChI is InChI=1S/C15H11Cl3N2OS/c1-8-11(7-21)19-20(12-3-2-9(16)6-10(12)17)15(8)13-4-5-14(18)22-13/h2-6,21H,7H2,1H3. The first-order valence-electron chi connectivity index (χ1n) is 6.41. The molecule has 3 rings (SSSR count). The van der Waals surface area contributed by atoms with Crippen LogP contribution in [0.4, 0.5) is 0 Å². The van der Waals surface area contributed by atoms with E-state index in [1.165, 1.54) is 11.3 Å². The summed E-state index contributed by atoms with van der Waals surface area (Å²) in [5, 5.41) is 15.0. The summed E-state index contributed by atoms with van der Waals surface area (Å²) in [7, 11) is 0. The highest BCUT2D eigenvalue weighted by Crippen LogP contribution is 2.37. The van der Waals surface area contributed by atoms with Crippen molar-refractivity contribution in [3.63, 3.8) is 0 Å². The molecule has 0 unspecified atom stereocenters. The Morgan fingerprint density at radius 1 is 1.18 bits per heavy atom. The van der Waals surface area contributed by atoms with Gasteiger partial charge >= 0.3 is 0 Å². The van der Waals surface area contributed by atoms with Crippen molar-refractivity contribution < 1.29 is 5.11 Å². The highest BCUT2D eigenvalue weighted by Gasteiger charge is 2.19. The Bertz CT molecular complexity index is 841. The van der Waals surface area contributed by atoms with Gasteiger partial charge in [0.05, 0.1) is 37.9 Å². The number of benzene rings is 1. The number of hydrogen-bond acceptors (Lipinski definition) is 3. The fraction of sp³-hybridized carbons (Fsp3) is 0.133. The molecule has 0 bridgehead atoms. The van der Waals surface area contributed by atoms with E-state index in [4.69, 9.17) is 34.8 Å². The van der Waals surface area contributed by atoms with Crippen LogP contribution < -0.4 is 0 Å². The first-order valence-corrected chi connectivity index (χ1v) is 8.36. The van der Waals surface area contributed by atoms with E-state index in [-0.39, 0.29) is 6.61 Å². The van der Waals surface area contributed by atoms with Crippen molar-refractivity contribution in [2.45, 2.75) is 13.5 Å². The molecule has 114 valence electrons. The third-order valence-electron chi connectivity index (χ3n) is 3.31. The minimum Gasteiger partial charge on any atom is -0.390 e. The van der Waals surface area contributed by atoms with Gasteiger partial charge in [-0.25, -0.2) is 4.68 Å². The fourth-order valence-corrected chi connectivity index (χ4v) is 3.87. The van der Waals surface area contributed by atoms with Crippen LogP contribution in [0.3, 0.4) is 0 Å². The minimum atomic E-state index is -0.143. The minimum absolute atomic E-state index is 0.143. The zero-order valence-corrected chi connectivity index (χ0v) is 14.6. The Labute approximate surface area is 146 Å². The Morgan fingerprint density at radius 2 is 1.95 bits per heavy atom. The van der Waals surface area contributed by atoms with E-state index >= 15 is 0 Å². The van der Waals surface area contributed by atoms with E-state index in [1.54, 1.807) is 22.9 Å². The van der Waals surface area contributed by atoms with E-state index in [1.807, 2.05) is 19.1 Å². The maximum atomic E-state index is 9.52. The average molecular weight is 374 g/mol. The molecule has 7 heteroatoms. The molecule has 0 saturated heterocycles. The van der Waals surface area contributed by atoms with Gasteiger partial charge in [0.1, 0.15) is 0 Å². The Morgan fingerprint density at radius 3 is 2.55 bits per heavy atom. The number of rotatable bonds is 3. The molecule has 2 heterocycles. The van der Waals surface area contributed by atoms with Crippen LogP contribution in [0.5, 0.6) is 0 Å². The summed E-state index contributed by atoms with van der Waals surface area (Å²) in [5.41, 5.74) is 3.07. The second-order valence-electron chi connectivity index (χ2n) is 4.69. The Kier molecular flexibility index (Phi) is 4.48. The molecule has 0 amide bonds. The topological polar surface area (TPSA) is 38.1 Å². The number of thiophene rings is 1. The molecular weight excluding hydrogens is 363 g/mol. The molecule has 1 aromatic carbocycles. The molecule has 2 aromatic heterocycles. The highest BCUT2D eigenvalue weighted by atomic mass is 35.5. The lowest BCUT2D eigenvalue weighted by molar-refractivity contribution is 0.275. The van der Waals surface area contributed by atoms with Crippen LogP contribution in [0.1, 0.15) is 11.3 Å². The van der Waals surface area contributed by atoms with Crippen LogP contribution in [0, 0.1) is 6.92 Å². The lowest BCUT2D eigenvalue weighted by Crippen LogP contribution is -2.00. The van der Waals surface area contributed by atoms with Crippen molar-refractivity contribution in [2.24, 2.45) is 0 Å². The first kappa shape index (κ1) is 15.8. The SMILES string of the molecule is Cc1c(CO)nn(-c2ccc(Cl)cc2Cl)c1-c1ccc(Cl)s1. The molecular formula is C15H11Cl3N2OS. The monoisotopic (exact) mass is 372 g/mol. The van der Waals surface area contributed by atoms with E-state index in [2.05, 4.69) is 5.10 Å². The number of nitrogens with zero attached hydrogens (tertiary/aromatic N) is 2. The smallest absolute Gasteiger partial charge is 0.0935 e. The van der Waals surface area contributed by atoms with Gasteiger partial charge in [-0.05, 0) is 37.3 Å². The lowest BCUT2D eigenvalue weighted by Gasteiger charge is -2.09. The van der Waals surface area contributed by atoms with Crippen molar-refractivity contribution >= 4 is 46.1 Å². The summed E-state index contributed by atoms with van der Waals surface area (Å²) in [6, 6.07) is 8.98. The summed E-state index contributed by atoms with van der Waals surface area (Å²) >= 11 is 19.8. The molecule has 22 heavy (non-hydrogen) atoms. The van der Waals surface area contributed by atoms with Gasteiger partial charge in [0.15, 0.2) is 0 Å². The van der Waals surface area contributed by atoms with E-state index in [9.17, 15) is 5.11 Å². The van der Waals surface area contributed by atoms with Crippen molar-refractivity contribution in [3.05, 3.63) is 56.0 Å². The van der Waals surface area contributed by atoms with Gasteiger partial charge in [-0.3, -0.25) is 0 Å². The summed E-state index contributed by atoms with van der Waals surface area (Å²) < 4.78 is 2.41. The summed E-state index contributed by atoms with van der Waals surface area (Å²) in [4.78, 5) is 0.959. The Hall–Kier alpha value is -1.04. The van der Waals surface area contributed by atoms with Gasteiger partial charge in [-0.1, -0.05) is 34.8 Å². The zero-order chi connectivity index (χ0) is 15.9. The van der Waals surface area contributed by atoms with Crippen molar-refractivity contribution in [2.75, 3.05) is 0 Å². The van der Waals surface area contributed by atoms with Crippen molar-refractivity contribution in [1.82, 2.24) is 9.78 Å². The normalized spacial score (nSPS) is 11.1. The largest absolute Gasteiger partial charge is 0.390 e. The van der Waals surface area contributed by atoms with Gasteiger partial charge < -0.3 is 5.11 Å². The highest BCUT2D eigenvalue weighted by molar-refractivity contribution is 7.19. The summed E-state index contributed by atoms with van der Waals surface area (Å²) in [6.45, 7) is 1.78. The van der Waals surface area contributed by atoms with Crippen LogP contribution in [-0.2, 0) is 6.61 Å². The molecule has 0 aliphatic carbocycles. The maximum Gasteiger partial charge on any atom is 0.0935 e. The van der Waals surface area contributed by atoms with Crippen LogP contribution >= 0.6 is 46.1 Å². The second-order valence-corrected chi connectivity index (χ2v) is 7.25. The molecule has 0 fully saturated rings. The molecule has 0 radical (unpaired) electrons. The zero-order valence-electron chi connectivity index (χ0n) is 11.5. The van der Waals surface area contributed by atoms with Gasteiger partial charge in [0.2, 0.25) is 0 Å². The molecule has 1 N–H and O–H groups in total. The Balaban J connectivity index is 2.27. The maximum absolute atomic E-state index is 9.52. The van der Waals surface area contributed by atoms with Crippen molar-refractivity contribution in [3.8, 4) is 16.3 Å². The third-order valence-corrected chi connectivity index (χ3v) is 5.09. The number of aliphatic hydroxyl groups excluding tert-OH is 1. The number of halogens is 3. The van der Waals surface area contributed by atoms with Gasteiger partial charge in [0.25, 0.3) is 0 Å². The molecule has 0 aliphatic rings. The van der Waals surface area contributed by atoms with Gasteiger partial charge in [-0.15, -0.1) is 11.3 Å². The molecule has 3 nitrogen and oxygen atoms in total. The third kappa shape index (κ3) is 2.77. The molecule has 0 aliphatic heterocycles. The van der Waals surface area contributed by atoms with Crippen molar-refractivity contribution in [1.29, 1.82) is 0 Å². The molecule has 3 aromatic rings. The number of aliphatic hydroxyl groups is 1. The fourth-order valence-electron chi connectivity index (χ4n) is 2.25. The molecule has 0 atom stereocenters. The van der Waals surface area contributed by atoms with Crippen LogP contribution in [0.25, 0.3) is 16.3 Å². The lowest BCUT2D eigenvalue weighted by atomic mass is 10.2. The number of aromatic nitrogens is 2. The predicted molar refractivity (Wildman–Crippen MR) is 92.6 cm³/mol. The van der Waals surface area contributed by atoms with Gasteiger partial charge in [-0.2, -0.15) is 5.10 Å². The second kappa shape index (κ2) is 6.22. The van der Waals surface area contributed by atoms with Crippen LogP contribution in [0.15, 0.2) is 30.3 Å². The number of hydrogen-bond donors (Lipinski definition) is 1. The van der Waals surface area contributed by atoms with E-state index < -0.39 is 0 Å². The first-order chi connectivity index (χ1) is 10.5. The predicted octanol–water partition coefficient (Wildman–Crippen LogP) is 5.36. The van der Waals surface area contributed by atoms with E-state index in [0.29, 0.717) is 25.8 Å². The van der Waals surface area contributed by atoms with Crippen LogP contribution in [-0.4, -0.2) is 14.9 Å². The summed E-state index contributed by atoms with van der Waals surface area (Å²) in [5.74, 6) is 0. The molecule has 0 spiro atoms. The molecule has 0 saturated carbocycles. The van der Waals surface area contributed by atoms with Gasteiger partial charge in [0, 0.05) is 10.6 Å². The summed E-state index contributed by atoms with van der Waals surface area (Å²) in [6.07, 6.45) is 0.